The van der Waals surface area contributed by atoms with Crippen LogP contribution in [0.25, 0.3) is 11.4 Å². The lowest BCUT2D eigenvalue weighted by Gasteiger charge is -2.00. The van der Waals surface area contributed by atoms with E-state index in [9.17, 15) is 4.79 Å². The van der Waals surface area contributed by atoms with Crippen molar-refractivity contribution in [2.24, 2.45) is 0 Å². The Morgan fingerprint density at radius 3 is 3.06 bits per heavy atom. The number of esters is 1. The number of nitrogens with zero attached hydrogens (tertiary/aromatic N) is 2. The molecule has 1 aromatic heterocycles. The van der Waals surface area contributed by atoms with Crippen LogP contribution in [0.15, 0.2) is 28.8 Å². The molecule has 0 aliphatic carbocycles. The third-order valence-corrected chi connectivity index (χ3v) is 2.34. The molecule has 0 unspecified atom stereocenters. The average molecular weight is 247 g/mol. The van der Waals surface area contributed by atoms with Gasteiger partial charge < -0.3 is 14.6 Å². The molecule has 18 heavy (non-hydrogen) atoms. The largest absolute Gasteiger partial charge is 0.465 e. The molecule has 1 heterocycles. The fourth-order valence-electron chi connectivity index (χ4n) is 1.50. The van der Waals surface area contributed by atoms with Crippen LogP contribution in [0.3, 0.4) is 0 Å². The lowest BCUT2D eigenvalue weighted by molar-refractivity contribution is 0.0601. The minimum atomic E-state index is -0.393. The third-order valence-electron chi connectivity index (χ3n) is 2.34. The van der Waals surface area contributed by atoms with Crippen LogP contribution < -0.4 is 5.32 Å². The lowest BCUT2D eigenvalue weighted by atomic mass is 10.1. The summed E-state index contributed by atoms with van der Waals surface area (Å²) in [6.07, 6.45) is 0. The van der Waals surface area contributed by atoms with E-state index in [1.807, 2.05) is 0 Å². The first kappa shape index (κ1) is 12.3. The normalized spacial score (nSPS) is 10.3. The summed E-state index contributed by atoms with van der Waals surface area (Å²) in [6, 6.07) is 6.89. The number of aromatic nitrogens is 2. The zero-order valence-corrected chi connectivity index (χ0v) is 10.1. The highest BCUT2D eigenvalue weighted by Crippen LogP contribution is 2.17. The molecular formula is C12H13N3O3. The van der Waals surface area contributed by atoms with E-state index in [0.29, 0.717) is 29.4 Å². The molecule has 0 fully saturated rings. The van der Waals surface area contributed by atoms with E-state index in [2.05, 4.69) is 20.2 Å². The minimum Gasteiger partial charge on any atom is -0.465 e. The average Bonchev–Trinajstić information content (AvgIpc) is 2.87. The van der Waals surface area contributed by atoms with Crippen molar-refractivity contribution in [3.63, 3.8) is 0 Å². The summed E-state index contributed by atoms with van der Waals surface area (Å²) in [4.78, 5) is 15.6. The Morgan fingerprint density at radius 2 is 2.33 bits per heavy atom. The van der Waals surface area contributed by atoms with E-state index >= 15 is 0 Å². The second kappa shape index (κ2) is 5.42. The summed E-state index contributed by atoms with van der Waals surface area (Å²) >= 11 is 0. The summed E-state index contributed by atoms with van der Waals surface area (Å²) < 4.78 is 9.70. The van der Waals surface area contributed by atoms with Crippen LogP contribution in [-0.2, 0) is 11.3 Å². The first-order valence-electron chi connectivity index (χ1n) is 5.40. The van der Waals surface area contributed by atoms with Gasteiger partial charge in [-0.25, -0.2) is 4.79 Å². The molecule has 0 bridgehead atoms. The SMILES string of the molecule is CNCc1nc(-c2cccc(C(=O)OC)c2)no1. The maximum absolute atomic E-state index is 11.4. The Labute approximate surface area is 104 Å². The van der Waals surface area contributed by atoms with Gasteiger partial charge in [0.25, 0.3) is 0 Å². The molecule has 2 aromatic rings. The van der Waals surface area contributed by atoms with E-state index < -0.39 is 5.97 Å². The molecule has 0 aliphatic heterocycles. The number of carbonyl (C=O) groups is 1. The molecule has 1 aromatic carbocycles. The smallest absolute Gasteiger partial charge is 0.337 e. The summed E-state index contributed by atoms with van der Waals surface area (Å²) in [5.41, 5.74) is 1.17. The van der Waals surface area contributed by atoms with Crippen LogP contribution >= 0.6 is 0 Å². The molecule has 0 aliphatic rings. The Balaban J connectivity index is 2.29. The van der Waals surface area contributed by atoms with E-state index in [0.717, 1.165) is 0 Å². The maximum Gasteiger partial charge on any atom is 0.337 e. The van der Waals surface area contributed by atoms with Crippen LogP contribution in [-0.4, -0.2) is 30.3 Å². The number of hydrogen-bond donors (Lipinski definition) is 1. The van der Waals surface area contributed by atoms with Gasteiger partial charge in [-0.05, 0) is 19.2 Å². The zero-order chi connectivity index (χ0) is 13.0. The van der Waals surface area contributed by atoms with Gasteiger partial charge in [-0.1, -0.05) is 17.3 Å². The molecule has 0 amide bonds. The van der Waals surface area contributed by atoms with Gasteiger partial charge in [0, 0.05) is 5.56 Å². The molecule has 2 rings (SSSR count). The van der Waals surface area contributed by atoms with Crippen molar-refractivity contribution in [1.82, 2.24) is 15.5 Å². The molecule has 0 saturated heterocycles. The number of nitrogens with one attached hydrogen (secondary N) is 1. The zero-order valence-electron chi connectivity index (χ0n) is 10.1. The van der Waals surface area contributed by atoms with Crippen molar-refractivity contribution in [2.75, 3.05) is 14.2 Å². The number of methoxy groups -OCH3 is 1. The van der Waals surface area contributed by atoms with Crippen LogP contribution in [0.4, 0.5) is 0 Å². The molecule has 0 spiro atoms. The number of rotatable bonds is 4. The minimum absolute atomic E-state index is 0.393. The van der Waals surface area contributed by atoms with Crippen molar-refractivity contribution < 1.29 is 14.1 Å². The van der Waals surface area contributed by atoms with E-state index in [1.165, 1.54) is 7.11 Å². The maximum atomic E-state index is 11.4. The fraction of sp³-hybridized carbons (Fsp3) is 0.250. The molecule has 0 radical (unpaired) electrons. The molecule has 6 heteroatoms. The summed E-state index contributed by atoms with van der Waals surface area (Å²) in [6.45, 7) is 0.504. The van der Waals surface area contributed by atoms with Crippen molar-refractivity contribution >= 4 is 5.97 Å². The predicted octanol–water partition coefficient (Wildman–Crippen LogP) is 1.24. The lowest BCUT2D eigenvalue weighted by Crippen LogP contribution is -2.05. The van der Waals surface area contributed by atoms with Crippen molar-refractivity contribution in [2.45, 2.75) is 6.54 Å². The number of benzene rings is 1. The number of ether oxygens (including phenoxy) is 1. The first-order valence-corrected chi connectivity index (χ1v) is 5.40. The Kier molecular flexibility index (Phi) is 3.69. The highest BCUT2D eigenvalue weighted by atomic mass is 16.5. The highest BCUT2D eigenvalue weighted by molar-refractivity contribution is 5.90. The van der Waals surface area contributed by atoms with Gasteiger partial charge in [-0.2, -0.15) is 4.98 Å². The van der Waals surface area contributed by atoms with Crippen molar-refractivity contribution in [3.05, 3.63) is 35.7 Å². The molecule has 94 valence electrons. The topological polar surface area (TPSA) is 77.2 Å². The van der Waals surface area contributed by atoms with Gasteiger partial charge in [0.2, 0.25) is 11.7 Å². The van der Waals surface area contributed by atoms with Gasteiger partial charge >= 0.3 is 5.97 Å². The van der Waals surface area contributed by atoms with Crippen molar-refractivity contribution in [3.8, 4) is 11.4 Å². The summed E-state index contributed by atoms with van der Waals surface area (Å²) in [5, 5.41) is 6.77. The van der Waals surface area contributed by atoms with Crippen LogP contribution in [0.2, 0.25) is 0 Å². The molecule has 6 nitrogen and oxygen atoms in total. The second-order valence-corrected chi connectivity index (χ2v) is 3.61. The van der Waals surface area contributed by atoms with E-state index in [4.69, 9.17) is 4.52 Å². The predicted molar refractivity (Wildman–Crippen MR) is 63.8 cm³/mol. The van der Waals surface area contributed by atoms with Gasteiger partial charge in [0.15, 0.2) is 0 Å². The Hall–Kier alpha value is -2.21. The molecule has 1 N–H and O–H groups in total. The van der Waals surface area contributed by atoms with Crippen molar-refractivity contribution in [1.29, 1.82) is 0 Å². The summed E-state index contributed by atoms with van der Waals surface area (Å²) in [7, 11) is 3.14. The molecular weight excluding hydrogens is 234 g/mol. The summed E-state index contributed by atoms with van der Waals surface area (Å²) in [5.74, 6) is 0.553. The van der Waals surface area contributed by atoms with Gasteiger partial charge in [-0.3, -0.25) is 0 Å². The number of hydrogen-bond acceptors (Lipinski definition) is 6. The van der Waals surface area contributed by atoms with Crippen LogP contribution in [0, 0.1) is 0 Å². The first-order chi connectivity index (χ1) is 8.74. The number of carbonyl (C=O) groups excluding carboxylic acids is 1. The van der Waals surface area contributed by atoms with Gasteiger partial charge in [0.1, 0.15) is 0 Å². The highest BCUT2D eigenvalue weighted by Gasteiger charge is 2.11. The fourth-order valence-corrected chi connectivity index (χ4v) is 1.50. The molecule has 0 atom stereocenters. The monoisotopic (exact) mass is 247 g/mol. The van der Waals surface area contributed by atoms with Gasteiger partial charge in [-0.15, -0.1) is 0 Å². The third kappa shape index (κ3) is 2.54. The van der Waals surface area contributed by atoms with E-state index in [1.54, 1.807) is 31.3 Å². The van der Waals surface area contributed by atoms with Gasteiger partial charge in [0.05, 0.1) is 19.2 Å². The second-order valence-electron chi connectivity index (χ2n) is 3.61. The Morgan fingerprint density at radius 1 is 1.50 bits per heavy atom. The standard InChI is InChI=1S/C12H13N3O3/c1-13-7-10-14-11(15-18-10)8-4-3-5-9(6-8)12(16)17-2/h3-6,13H,7H2,1-2H3. The van der Waals surface area contributed by atoms with Crippen LogP contribution in [0.5, 0.6) is 0 Å². The quantitative estimate of drug-likeness (QED) is 0.819. The van der Waals surface area contributed by atoms with E-state index in [-0.39, 0.29) is 0 Å². The molecule has 0 saturated carbocycles. The Bertz CT molecular complexity index is 551. The van der Waals surface area contributed by atoms with Crippen LogP contribution in [0.1, 0.15) is 16.2 Å².